The monoisotopic (exact) mass is 388 g/mol. The van der Waals surface area contributed by atoms with Gasteiger partial charge in [-0.05, 0) is 57.0 Å². The molecule has 0 radical (unpaired) electrons. The first-order valence-electron chi connectivity index (χ1n) is 9.04. The van der Waals surface area contributed by atoms with Crippen LogP contribution in [-0.2, 0) is 19.5 Å². The van der Waals surface area contributed by atoms with E-state index in [0.29, 0.717) is 23.3 Å². The zero-order valence-electron chi connectivity index (χ0n) is 14.4. The SMILES string of the molecule is O=C(NC1CC2(CCNCC2)C1)[C@@H]1CC[C@@H]2CN1C(=O)N2OS(=O)(=O)O. The topological polar surface area (TPSA) is 128 Å². The highest BCUT2D eigenvalue weighted by atomic mass is 32.3. The molecule has 2 bridgehead atoms. The molecule has 3 heterocycles. The fraction of sp³-hybridized carbons (Fsp3) is 0.867. The summed E-state index contributed by atoms with van der Waals surface area (Å²) in [6, 6.07) is -1.66. The number of urea groups is 1. The minimum absolute atomic E-state index is 0.140. The molecule has 1 spiro atoms. The minimum atomic E-state index is -4.77. The predicted molar refractivity (Wildman–Crippen MR) is 89.1 cm³/mol. The van der Waals surface area contributed by atoms with Crippen LogP contribution in [0.4, 0.5) is 4.79 Å². The van der Waals surface area contributed by atoms with Crippen LogP contribution in [0, 0.1) is 5.41 Å². The first kappa shape index (κ1) is 18.0. The van der Waals surface area contributed by atoms with E-state index in [1.54, 1.807) is 0 Å². The highest BCUT2D eigenvalue weighted by Gasteiger charge is 2.51. The Kier molecular flexibility index (Phi) is 4.37. The normalized spacial score (nSPS) is 31.2. The molecule has 1 saturated carbocycles. The molecule has 0 aromatic rings. The van der Waals surface area contributed by atoms with Crippen molar-refractivity contribution in [1.82, 2.24) is 20.6 Å². The highest BCUT2D eigenvalue weighted by Crippen LogP contribution is 2.48. The van der Waals surface area contributed by atoms with Crippen molar-refractivity contribution in [1.29, 1.82) is 0 Å². The summed E-state index contributed by atoms with van der Waals surface area (Å²) in [7, 11) is -4.77. The molecular weight excluding hydrogens is 364 g/mol. The van der Waals surface area contributed by atoms with Gasteiger partial charge in [0.05, 0.1) is 6.04 Å². The predicted octanol–water partition coefficient (Wildman–Crippen LogP) is -0.362. The lowest BCUT2D eigenvalue weighted by atomic mass is 9.60. The standard InChI is InChI=1S/C15H24N4O6S/c20-13(17-10-7-15(8-10)3-5-16-6-4-15)12-2-1-11-9-18(12)14(21)19(11)25-26(22,23)24/h10-12,16H,1-9H2,(H,17,20)(H,22,23,24)/t11-,12+/m1/s1. The quantitative estimate of drug-likeness (QED) is 0.561. The number of piperidine rings is 2. The van der Waals surface area contributed by atoms with Gasteiger partial charge in [0, 0.05) is 12.6 Å². The molecule has 0 aromatic carbocycles. The third-order valence-corrected chi connectivity index (χ3v) is 6.52. The number of nitrogens with zero attached hydrogens (tertiary/aromatic N) is 2. The molecule has 4 aliphatic rings. The Bertz CT molecular complexity index is 699. The summed E-state index contributed by atoms with van der Waals surface area (Å²) in [5.74, 6) is -0.195. The fourth-order valence-corrected chi connectivity index (χ4v) is 5.24. The van der Waals surface area contributed by atoms with Crippen LogP contribution in [-0.4, -0.2) is 72.6 Å². The van der Waals surface area contributed by atoms with Crippen LogP contribution in [0.15, 0.2) is 0 Å². The van der Waals surface area contributed by atoms with Crippen LogP contribution < -0.4 is 10.6 Å². The lowest BCUT2D eigenvalue weighted by Gasteiger charge is -2.51. The number of carbonyl (C=O) groups is 2. The highest BCUT2D eigenvalue weighted by molar-refractivity contribution is 7.80. The molecule has 0 unspecified atom stereocenters. The Hall–Kier alpha value is -1.43. The zero-order valence-corrected chi connectivity index (χ0v) is 15.2. The van der Waals surface area contributed by atoms with Gasteiger partial charge in [-0.3, -0.25) is 9.35 Å². The second-order valence-electron chi connectivity index (χ2n) is 7.87. The molecule has 10 nitrogen and oxygen atoms in total. The summed E-state index contributed by atoms with van der Waals surface area (Å²) >= 11 is 0. The maximum absolute atomic E-state index is 12.7. The Morgan fingerprint density at radius 1 is 1.27 bits per heavy atom. The second-order valence-corrected chi connectivity index (χ2v) is 8.88. The van der Waals surface area contributed by atoms with Crippen molar-refractivity contribution < 1.29 is 26.8 Å². The average Bonchev–Trinajstić information content (AvgIpc) is 2.78. The molecule has 0 aromatic heterocycles. The largest absolute Gasteiger partial charge is 0.418 e. The van der Waals surface area contributed by atoms with Gasteiger partial charge in [-0.15, -0.1) is 4.28 Å². The summed E-state index contributed by atoms with van der Waals surface area (Å²) in [6.45, 7) is 2.26. The molecule has 4 rings (SSSR count). The van der Waals surface area contributed by atoms with E-state index < -0.39 is 28.5 Å². The van der Waals surface area contributed by atoms with Gasteiger partial charge >= 0.3 is 16.4 Å². The Morgan fingerprint density at radius 3 is 2.62 bits per heavy atom. The Balaban J connectivity index is 1.34. The molecule has 4 fully saturated rings. The van der Waals surface area contributed by atoms with Crippen LogP contribution in [0.2, 0.25) is 0 Å². The average molecular weight is 388 g/mol. The molecule has 11 heteroatoms. The summed E-state index contributed by atoms with van der Waals surface area (Å²) in [4.78, 5) is 26.3. The number of carbonyl (C=O) groups excluding carboxylic acids is 2. The van der Waals surface area contributed by atoms with Gasteiger partial charge < -0.3 is 15.5 Å². The van der Waals surface area contributed by atoms with Gasteiger partial charge in [-0.2, -0.15) is 13.5 Å². The molecule has 26 heavy (non-hydrogen) atoms. The van der Waals surface area contributed by atoms with Gasteiger partial charge in [0.2, 0.25) is 5.91 Å². The molecule has 1 aliphatic carbocycles. The number of nitrogens with one attached hydrogen (secondary N) is 2. The van der Waals surface area contributed by atoms with Crippen molar-refractivity contribution in [2.45, 2.75) is 56.7 Å². The van der Waals surface area contributed by atoms with Gasteiger partial charge in [0.1, 0.15) is 6.04 Å². The van der Waals surface area contributed by atoms with E-state index in [9.17, 15) is 18.0 Å². The van der Waals surface area contributed by atoms with Crippen LogP contribution in [0.5, 0.6) is 0 Å². The lowest BCUT2D eigenvalue weighted by molar-refractivity contribution is -0.128. The smallest absolute Gasteiger partial charge is 0.352 e. The molecule has 146 valence electrons. The van der Waals surface area contributed by atoms with E-state index >= 15 is 0 Å². The van der Waals surface area contributed by atoms with Crippen molar-refractivity contribution in [3.63, 3.8) is 0 Å². The zero-order chi connectivity index (χ0) is 18.5. The summed E-state index contributed by atoms with van der Waals surface area (Å²) < 4.78 is 35.0. The number of fused-ring (bicyclic) bond motifs is 2. The van der Waals surface area contributed by atoms with Crippen LogP contribution in [0.1, 0.15) is 38.5 Å². The van der Waals surface area contributed by atoms with E-state index in [1.807, 2.05) is 0 Å². The second kappa shape index (κ2) is 6.32. The van der Waals surface area contributed by atoms with Gasteiger partial charge in [-0.1, -0.05) is 0 Å². The van der Waals surface area contributed by atoms with Crippen LogP contribution >= 0.6 is 0 Å². The first-order chi connectivity index (χ1) is 12.3. The van der Waals surface area contributed by atoms with E-state index in [4.69, 9.17) is 4.55 Å². The van der Waals surface area contributed by atoms with Crippen molar-refractivity contribution in [2.75, 3.05) is 19.6 Å². The minimum Gasteiger partial charge on any atom is -0.352 e. The Labute approximate surface area is 152 Å². The van der Waals surface area contributed by atoms with Crippen molar-refractivity contribution in [2.24, 2.45) is 5.41 Å². The van der Waals surface area contributed by atoms with Crippen LogP contribution in [0.3, 0.4) is 0 Å². The molecule has 3 amide bonds. The molecule has 3 aliphatic heterocycles. The number of hydrogen-bond acceptors (Lipinski definition) is 6. The van der Waals surface area contributed by atoms with Gasteiger partial charge in [0.25, 0.3) is 0 Å². The maximum Gasteiger partial charge on any atom is 0.418 e. The molecular formula is C15H24N4O6S. The third kappa shape index (κ3) is 3.28. The summed E-state index contributed by atoms with van der Waals surface area (Å²) in [5, 5.41) is 7.06. The number of hydroxylamine groups is 2. The van der Waals surface area contributed by atoms with E-state index in [1.165, 1.54) is 4.90 Å². The van der Waals surface area contributed by atoms with Crippen molar-refractivity contribution >= 4 is 22.3 Å². The summed E-state index contributed by atoms with van der Waals surface area (Å²) in [6.07, 6.45) is 5.10. The van der Waals surface area contributed by atoms with E-state index in [-0.39, 0.29) is 18.5 Å². The summed E-state index contributed by atoms with van der Waals surface area (Å²) in [5.41, 5.74) is 0.352. The number of hydrogen-bond donors (Lipinski definition) is 3. The number of rotatable bonds is 4. The lowest BCUT2D eigenvalue weighted by Crippen LogP contribution is -2.58. The van der Waals surface area contributed by atoms with Gasteiger partial charge in [-0.25, -0.2) is 4.79 Å². The molecule has 3 saturated heterocycles. The third-order valence-electron chi connectivity index (χ3n) is 6.17. The maximum atomic E-state index is 12.7. The Morgan fingerprint density at radius 2 is 1.96 bits per heavy atom. The first-order valence-corrected chi connectivity index (χ1v) is 10.4. The van der Waals surface area contributed by atoms with E-state index in [0.717, 1.165) is 38.8 Å². The number of amides is 3. The molecule has 2 atom stereocenters. The fourth-order valence-electron chi connectivity index (χ4n) is 4.85. The van der Waals surface area contributed by atoms with Crippen LogP contribution in [0.25, 0.3) is 0 Å². The van der Waals surface area contributed by atoms with E-state index in [2.05, 4.69) is 14.9 Å². The van der Waals surface area contributed by atoms with Crippen molar-refractivity contribution in [3.05, 3.63) is 0 Å². The van der Waals surface area contributed by atoms with Gasteiger partial charge in [0.15, 0.2) is 0 Å². The van der Waals surface area contributed by atoms with Crippen molar-refractivity contribution in [3.8, 4) is 0 Å². The molecule has 3 N–H and O–H groups in total.